The zero-order chi connectivity index (χ0) is 23.7. The Morgan fingerprint density at radius 3 is 2.31 bits per heavy atom. The molecule has 1 aliphatic heterocycles. The monoisotopic (exact) mass is 543 g/mol. The summed E-state index contributed by atoms with van der Waals surface area (Å²) >= 11 is 3.30. The Hall–Kier alpha value is -1.79. The van der Waals surface area contributed by atoms with Crippen LogP contribution in [0.3, 0.4) is 0 Å². The number of amides is 1. The molecule has 2 aromatic carbocycles. The summed E-state index contributed by atoms with van der Waals surface area (Å²) in [5.41, 5.74) is 1.11. The van der Waals surface area contributed by atoms with Crippen LogP contribution in [0.15, 0.2) is 56.7 Å². The average molecular weight is 544 g/mol. The number of hydrogen-bond acceptors (Lipinski definition) is 5. The molecule has 11 heteroatoms. The molecular formula is C21H26BrN3O5S2. The lowest BCUT2D eigenvalue weighted by molar-refractivity contribution is -0.120. The lowest BCUT2D eigenvalue weighted by Crippen LogP contribution is -2.43. The number of piperidine rings is 1. The van der Waals surface area contributed by atoms with E-state index < -0.39 is 26.0 Å². The Kier molecular flexibility index (Phi) is 7.45. The Bertz CT molecular complexity index is 1210. The second-order valence-electron chi connectivity index (χ2n) is 7.91. The van der Waals surface area contributed by atoms with Gasteiger partial charge < -0.3 is 5.32 Å². The fourth-order valence-electron chi connectivity index (χ4n) is 3.47. The molecule has 0 unspecified atom stereocenters. The van der Waals surface area contributed by atoms with Crippen molar-refractivity contribution in [3.05, 3.63) is 52.5 Å². The van der Waals surface area contributed by atoms with E-state index in [1.54, 1.807) is 25.1 Å². The van der Waals surface area contributed by atoms with Gasteiger partial charge in [0.1, 0.15) is 0 Å². The lowest BCUT2D eigenvalue weighted by Gasteiger charge is -2.31. The maximum Gasteiger partial charge on any atom is 0.243 e. The largest absolute Gasteiger partial charge is 0.326 e. The first-order valence-electron chi connectivity index (χ1n) is 10.0. The third-order valence-corrected chi connectivity index (χ3v) is 9.67. The summed E-state index contributed by atoms with van der Waals surface area (Å²) in [4.78, 5) is 13.2. The number of hydrogen-bond donors (Lipinski definition) is 1. The van der Waals surface area contributed by atoms with Gasteiger partial charge in [-0.05, 0) is 61.7 Å². The van der Waals surface area contributed by atoms with Crippen LogP contribution in [-0.2, 0) is 24.8 Å². The van der Waals surface area contributed by atoms with E-state index in [4.69, 9.17) is 0 Å². The predicted octanol–water partition coefficient (Wildman–Crippen LogP) is 3.05. The quantitative estimate of drug-likeness (QED) is 0.602. The zero-order valence-electron chi connectivity index (χ0n) is 18.1. The van der Waals surface area contributed by atoms with Crippen LogP contribution in [0.5, 0.6) is 0 Å². The number of nitrogens with zero attached hydrogens (tertiary/aromatic N) is 2. The number of carbonyl (C=O) groups is 1. The topological polar surface area (TPSA) is 104 Å². The first-order valence-corrected chi connectivity index (χ1v) is 13.7. The molecule has 0 spiro atoms. The van der Waals surface area contributed by atoms with E-state index in [0.29, 0.717) is 30.6 Å². The van der Waals surface area contributed by atoms with Crippen LogP contribution in [0.2, 0.25) is 0 Å². The number of aryl methyl sites for hydroxylation is 1. The molecule has 1 saturated heterocycles. The van der Waals surface area contributed by atoms with Crippen molar-refractivity contribution in [2.24, 2.45) is 5.92 Å². The fraction of sp³-hybridized carbons (Fsp3) is 0.381. The Morgan fingerprint density at radius 1 is 1.06 bits per heavy atom. The average Bonchev–Trinajstić information content (AvgIpc) is 2.75. The molecule has 0 bridgehead atoms. The summed E-state index contributed by atoms with van der Waals surface area (Å²) in [6.45, 7) is 2.18. The Morgan fingerprint density at radius 2 is 1.69 bits per heavy atom. The van der Waals surface area contributed by atoms with Crippen molar-refractivity contribution < 1.29 is 21.6 Å². The number of halogens is 1. The minimum atomic E-state index is -3.71. The van der Waals surface area contributed by atoms with Gasteiger partial charge in [-0.15, -0.1) is 0 Å². The van der Waals surface area contributed by atoms with Crippen LogP contribution in [0, 0.1) is 12.8 Å². The first kappa shape index (κ1) is 24.8. The minimum Gasteiger partial charge on any atom is -0.326 e. The van der Waals surface area contributed by atoms with Crippen molar-refractivity contribution >= 4 is 47.6 Å². The van der Waals surface area contributed by atoms with Gasteiger partial charge in [0.25, 0.3) is 0 Å². The van der Waals surface area contributed by atoms with E-state index in [9.17, 15) is 21.6 Å². The van der Waals surface area contributed by atoms with Crippen LogP contribution >= 0.6 is 15.9 Å². The first-order chi connectivity index (χ1) is 14.9. The highest BCUT2D eigenvalue weighted by Crippen LogP contribution is 2.27. The molecule has 1 fully saturated rings. The van der Waals surface area contributed by atoms with Gasteiger partial charge in [0.05, 0.1) is 15.7 Å². The van der Waals surface area contributed by atoms with Gasteiger partial charge in [0.2, 0.25) is 26.0 Å². The number of anilines is 1. The lowest BCUT2D eigenvalue weighted by atomic mass is 9.98. The van der Waals surface area contributed by atoms with Crippen LogP contribution in [0.25, 0.3) is 0 Å². The van der Waals surface area contributed by atoms with Crippen molar-refractivity contribution in [2.45, 2.75) is 29.6 Å². The van der Waals surface area contributed by atoms with Crippen LogP contribution in [0.4, 0.5) is 5.69 Å². The maximum atomic E-state index is 13.0. The molecule has 1 N–H and O–H groups in total. The van der Waals surface area contributed by atoms with Gasteiger partial charge in [-0.1, -0.05) is 22.0 Å². The molecule has 0 aliphatic carbocycles. The second kappa shape index (κ2) is 9.60. The number of sulfonamides is 2. The highest BCUT2D eigenvalue weighted by atomic mass is 79.9. The number of carbonyl (C=O) groups excluding carboxylic acids is 1. The predicted molar refractivity (Wildman–Crippen MR) is 126 cm³/mol. The standard InChI is InChI=1S/C21H26BrN3O5S2/c1-15-6-9-19(31(27,28)24(2)3)13-20(15)23-21(26)16-5-4-12-25(14-16)32(29,30)18-10-7-17(22)8-11-18/h6-11,13,16H,4-5,12,14H2,1-3H3,(H,23,26)/t16-/m1/s1. The molecule has 0 saturated carbocycles. The van der Waals surface area contributed by atoms with Gasteiger partial charge >= 0.3 is 0 Å². The van der Waals surface area contributed by atoms with E-state index in [1.807, 2.05) is 0 Å². The molecule has 174 valence electrons. The number of nitrogens with one attached hydrogen (secondary N) is 1. The summed E-state index contributed by atoms with van der Waals surface area (Å²) in [7, 11) is -4.48. The van der Waals surface area contributed by atoms with Gasteiger partial charge in [-0.25, -0.2) is 21.1 Å². The van der Waals surface area contributed by atoms with Crippen LogP contribution < -0.4 is 5.32 Å². The van der Waals surface area contributed by atoms with Crippen molar-refractivity contribution in [3.63, 3.8) is 0 Å². The SMILES string of the molecule is Cc1ccc(S(=O)(=O)N(C)C)cc1NC(=O)[C@@H]1CCCN(S(=O)(=O)c2ccc(Br)cc2)C1. The van der Waals surface area contributed by atoms with Crippen molar-refractivity contribution in [3.8, 4) is 0 Å². The molecule has 1 atom stereocenters. The number of benzene rings is 2. The van der Waals surface area contributed by atoms with E-state index in [1.165, 1.54) is 42.7 Å². The second-order valence-corrected chi connectivity index (χ2v) is 12.9. The Labute approximate surface area is 197 Å². The van der Waals surface area contributed by atoms with E-state index in [2.05, 4.69) is 21.2 Å². The van der Waals surface area contributed by atoms with E-state index in [0.717, 1.165) is 8.78 Å². The third kappa shape index (κ3) is 5.23. The highest BCUT2D eigenvalue weighted by Gasteiger charge is 2.33. The van der Waals surface area contributed by atoms with Gasteiger partial charge in [-0.2, -0.15) is 4.31 Å². The summed E-state index contributed by atoms with van der Waals surface area (Å²) < 4.78 is 54.1. The molecule has 1 amide bonds. The van der Waals surface area contributed by atoms with Crippen LogP contribution in [-0.4, -0.2) is 58.5 Å². The van der Waals surface area contributed by atoms with Gasteiger partial charge in [-0.3, -0.25) is 4.79 Å². The summed E-state index contributed by atoms with van der Waals surface area (Å²) in [6.07, 6.45) is 1.11. The molecule has 3 rings (SSSR count). The van der Waals surface area contributed by atoms with E-state index in [-0.39, 0.29) is 22.2 Å². The fourth-order valence-corrected chi connectivity index (χ4v) is 6.19. The van der Waals surface area contributed by atoms with Gasteiger partial charge in [0, 0.05) is 37.3 Å². The smallest absolute Gasteiger partial charge is 0.243 e. The van der Waals surface area contributed by atoms with Crippen molar-refractivity contribution in [1.82, 2.24) is 8.61 Å². The molecule has 0 radical (unpaired) electrons. The molecular weight excluding hydrogens is 518 g/mol. The molecule has 8 nitrogen and oxygen atoms in total. The molecule has 2 aromatic rings. The minimum absolute atomic E-state index is 0.0684. The van der Waals surface area contributed by atoms with Crippen molar-refractivity contribution in [1.29, 1.82) is 0 Å². The normalized spacial score (nSPS) is 18.0. The highest BCUT2D eigenvalue weighted by molar-refractivity contribution is 9.10. The van der Waals surface area contributed by atoms with Gasteiger partial charge in [0.15, 0.2) is 0 Å². The summed E-state index contributed by atoms with van der Waals surface area (Å²) in [6, 6.07) is 11.0. The summed E-state index contributed by atoms with van der Waals surface area (Å²) in [5.74, 6) is -0.870. The zero-order valence-corrected chi connectivity index (χ0v) is 21.3. The van der Waals surface area contributed by atoms with Crippen molar-refractivity contribution in [2.75, 3.05) is 32.5 Å². The maximum absolute atomic E-state index is 13.0. The summed E-state index contributed by atoms with van der Waals surface area (Å²) in [5, 5.41) is 2.80. The molecule has 32 heavy (non-hydrogen) atoms. The Balaban J connectivity index is 1.78. The number of rotatable bonds is 6. The molecule has 1 aliphatic rings. The van der Waals surface area contributed by atoms with Crippen LogP contribution in [0.1, 0.15) is 18.4 Å². The molecule has 1 heterocycles. The third-order valence-electron chi connectivity index (χ3n) is 5.45. The van der Waals surface area contributed by atoms with E-state index >= 15 is 0 Å². The molecule has 0 aromatic heterocycles.